The molecule has 1 saturated carbocycles. The van der Waals surface area contributed by atoms with Gasteiger partial charge in [-0.05, 0) is 51.5 Å². The standard InChI is InChI=1S/C16H29NO2/c1-3-8-15(16(18)19-4-2)17-12-7-10-13-9-5-6-11-14(13)17/h13-15H,3-12H2,1-2H3. The van der Waals surface area contributed by atoms with E-state index >= 15 is 0 Å². The van der Waals surface area contributed by atoms with Crippen LogP contribution in [0, 0.1) is 5.92 Å². The molecule has 3 nitrogen and oxygen atoms in total. The number of esters is 1. The smallest absolute Gasteiger partial charge is 0.323 e. The first-order valence-electron chi connectivity index (χ1n) is 8.20. The van der Waals surface area contributed by atoms with Crippen molar-refractivity contribution >= 4 is 5.97 Å². The summed E-state index contributed by atoms with van der Waals surface area (Å²) < 4.78 is 5.31. The summed E-state index contributed by atoms with van der Waals surface area (Å²) in [5.74, 6) is 0.840. The van der Waals surface area contributed by atoms with Gasteiger partial charge < -0.3 is 4.74 Å². The van der Waals surface area contributed by atoms with Crippen LogP contribution in [0.5, 0.6) is 0 Å². The topological polar surface area (TPSA) is 29.5 Å². The molecular formula is C16H29NO2. The molecule has 3 atom stereocenters. The van der Waals surface area contributed by atoms with Gasteiger partial charge in [-0.1, -0.05) is 26.2 Å². The Morgan fingerprint density at radius 2 is 1.95 bits per heavy atom. The van der Waals surface area contributed by atoms with Crippen LogP contribution >= 0.6 is 0 Å². The summed E-state index contributed by atoms with van der Waals surface area (Å²) in [5.41, 5.74) is 0. The fraction of sp³-hybridized carbons (Fsp3) is 0.938. The van der Waals surface area contributed by atoms with Crippen LogP contribution in [-0.2, 0) is 9.53 Å². The predicted octanol–water partition coefficient (Wildman–Crippen LogP) is 3.37. The van der Waals surface area contributed by atoms with Crippen LogP contribution in [0.1, 0.15) is 65.2 Å². The summed E-state index contributed by atoms with van der Waals surface area (Å²) in [7, 11) is 0. The Balaban J connectivity index is 2.07. The van der Waals surface area contributed by atoms with Gasteiger partial charge in [0.2, 0.25) is 0 Å². The van der Waals surface area contributed by atoms with Gasteiger partial charge in [-0.25, -0.2) is 0 Å². The van der Waals surface area contributed by atoms with Crippen molar-refractivity contribution in [2.75, 3.05) is 13.2 Å². The normalized spacial score (nSPS) is 29.6. The molecule has 0 aromatic carbocycles. The number of fused-ring (bicyclic) bond motifs is 1. The summed E-state index contributed by atoms with van der Waals surface area (Å²) in [4.78, 5) is 14.7. The van der Waals surface area contributed by atoms with Crippen molar-refractivity contribution in [2.24, 2.45) is 5.92 Å². The number of likely N-dealkylation sites (tertiary alicyclic amines) is 1. The quantitative estimate of drug-likeness (QED) is 0.715. The van der Waals surface area contributed by atoms with Gasteiger partial charge in [0.1, 0.15) is 6.04 Å². The third-order valence-electron chi connectivity index (χ3n) is 4.81. The molecule has 110 valence electrons. The first kappa shape index (κ1) is 14.8. The number of ether oxygens (including phenoxy) is 1. The zero-order valence-electron chi connectivity index (χ0n) is 12.6. The Hall–Kier alpha value is -0.570. The number of piperidine rings is 1. The average Bonchev–Trinajstić information content (AvgIpc) is 2.44. The zero-order chi connectivity index (χ0) is 13.7. The molecule has 2 fully saturated rings. The lowest BCUT2D eigenvalue weighted by molar-refractivity contribution is -0.153. The number of carbonyl (C=O) groups is 1. The van der Waals surface area contributed by atoms with E-state index in [0.717, 1.165) is 25.3 Å². The molecule has 1 aliphatic heterocycles. The fourth-order valence-corrected chi connectivity index (χ4v) is 3.98. The first-order valence-corrected chi connectivity index (χ1v) is 8.20. The number of nitrogens with zero attached hydrogens (tertiary/aromatic N) is 1. The largest absolute Gasteiger partial charge is 0.465 e. The summed E-state index contributed by atoms with van der Waals surface area (Å²) in [6.45, 7) is 5.65. The Labute approximate surface area is 117 Å². The van der Waals surface area contributed by atoms with Crippen LogP contribution in [0.2, 0.25) is 0 Å². The molecule has 0 radical (unpaired) electrons. The Bertz CT molecular complexity index is 290. The minimum Gasteiger partial charge on any atom is -0.465 e. The second-order valence-electron chi connectivity index (χ2n) is 6.05. The molecule has 0 amide bonds. The van der Waals surface area contributed by atoms with Crippen LogP contribution < -0.4 is 0 Å². The number of rotatable bonds is 5. The van der Waals surface area contributed by atoms with E-state index < -0.39 is 0 Å². The molecule has 19 heavy (non-hydrogen) atoms. The van der Waals surface area contributed by atoms with E-state index in [9.17, 15) is 4.79 Å². The molecule has 1 aliphatic carbocycles. The van der Waals surface area contributed by atoms with Crippen LogP contribution in [0.3, 0.4) is 0 Å². The highest BCUT2D eigenvalue weighted by Gasteiger charge is 2.39. The highest BCUT2D eigenvalue weighted by molar-refractivity contribution is 5.75. The van der Waals surface area contributed by atoms with Gasteiger partial charge in [0.05, 0.1) is 6.61 Å². The van der Waals surface area contributed by atoms with E-state index in [2.05, 4.69) is 11.8 Å². The van der Waals surface area contributed by atoms with E-state index in [1.165, 1.54) is 38.5 Å². The van der Waals surface area contributed by atoms with E-state index in [4.69, 9.17) is 4.74 Å². The molecule has 0 bridgehead atoms. The van der Waals surface area contributed by atoms with Crippen molar-refractivity contribution in [3.05, 3.63) is 0 Å². The fourth-order valence-electron chi connectivity index (χ4n) is 3.98. The van der Waals surface area contributed by atoms with Crippen molar-refractivity contribution in [3.63, 3.8) is 0 Å². The molecule has 1 saturated heterocycles. The van der Waals surface area contributed by atoms with Crippen LogP contribution in [-0.4, -0.2) is 36.1 Å². The molecule has 2 aliphatic rings. The second-order valence-corrected chi connectivity index (χ2v) is 6.05. The summed E-state index contributed by atoms with van der Waals surface area (Å²) in [6, 6.07) is 0.652. The minimum absolute atomic E-state index is 0.00979. The monoisotopic (exact) mass is 267 g/mol. The predicted molar refractivity (Wildman–Crippen MR) is 77.0 cm³/mol. The number of carbonyl (C=O) groups excluding carboxylic acids is 1. The maximum Gasteiger partial charge on any atom is 0.323 e. The van der Waals surface area contributed by atoms with Crippen molar-refractivity contribution in [3.8, 4) is 0 Å². The van der Waals surface area contributed by atoms with Gasteiger partial charge in [0, 0.05) is 6.04 Å². The maximum atomic E-state index is 12.2. The molecule has 0 aromatic heterocycles. The van der Waals surface area contributed by atoms with Crippen molar-refractivity contribution in [2.45, 2.75) is 77.3 Å². The van der Waals surface area contributed by atoms with Gasteiger partial charge in [-0.2, -0.15) is 0 Å². The summed E-state index contributed by atoms with van der Waals surface area (Å²) in [5, 5.41) is 0. The molecule has 0 spiro atoms. The highest BCUT2D eigenvalue weighted by Crippen LogP contribution is 2.37. The molecule has 3 heteroatoms. The lowest BCUT2D eigenvalue weighted by Crippen LogP contribution is -2.54. The SMILES string of the molecule is CCCC(C(=O)OCC)N1CCCC2CCCCC21. The lowest BCUT2D eigenvalue weighted by Gasteiger charge is -2.46. The Kier molecular flexibility index (Phi) is 5.68. The van der Waals surface area contributed by atoms with Crippen LogP contribution in [0.15, 0.2) is 0 Å². The summed E-state index contributed by atoms with van der Waals surface area (Å²) in [6.07, 6.45) is 9.97. The van der Waals surface area contributed by atoms with Crippen molar-refractivity contribution < 1.29 is 9.53 Å². The molecule has 0 aromatic rings. The van der Waals surface area contributed by atoms with Gasteiger partial charge >= 0.3 is 5.97 Å². The molecule has 3 unspecified atom stereocenters. The van der Waals surface area contributed by atoms with Gasteiger partial charge in [-0.15, -0.1) is 0 Å². The highest BCUT2D eigenvalue weighted by atomic mass is 16.5. The van der Waals surface area contributed by atoms with E-state index in [0.29, 0.717) is 12.6 Å². The van der Waals surface area contributed by atoms with Gasteiger partial charge in [0.25, 0.3) is 0 Å². The van der Waals surface area contributed by atoms with Gasteiger partial charge in [-0.3, -0.25) is 9.69 Å². The van der Waals surface area contributed by atoms with E-state index in [1.807, 2.05) is 6.92 Å². The first-order chi connectivity index (χ1) is 9.27. The Morgan fingerprint density at radius 3 is 2.68 bits per heavy atom. The van der Waals surface area contributed by atoms with E-state index in [-0.39, 0.29) is 12.0 Å². The van der Waals surface area contributed by atoms with Crippen LogP contribution in [0.4, 0.5) is 0 Å². The third kappa shape index (κ3) is 3.50. The zero-order valence-corrected chi connectivity index (χ0v) is 12.6. The summed E-state index contributed by atoms with van der Waals surface area (Å²) >= 11 is 0. The van der Waals surface area contributed by atoms with Crippen molar-refractivity contribution in [1.82, 2.24) is 4.90 Å². The average molecular weight is 267 g/mol. The van der Waals surface area contributed by atoms with Crippen LogP contribution in [0.25, 0.3) is 0 Å². The molecule has 1 heterocycles. The Morgan fingerprint density at radius 1 is 1.21 bits per heavy atom. The number of hydrogen-bond acceptors (Lipinski definition) is 3. The minimum atomic E-state index is 0.00979. The van der Waals surface area contributed by atoms with Gasteiger partial charge in [0.15, 0.2) is 0 Å². The number of hydrogen-bond donors (Lipinski definition) is 0. The second kappa shape index (κ2) is 7.28. The van der Waals surface area contributed by atoms with Crippen molar-refractivity contribution in [1.29, 1.82) is 0 Å². The lowest BCUT2D eigenvalue weighted by atomic mass is 9.77. The molecule has 2 rings (SSSR count). The maximum absolute atomic E-state index is 12.2. The molecule has 0 N–H and O–H groups in total. The molecular weight excluding hydrogens is 238 g/mol. The third-order valence-corrected chi connectivity index (χ3v) is 4.81. The van der Waals surface area contributed by atoms with E-state index in [1.54, 1.807) is 0 Å².